The molecule has 0 saturated heterocycles. The maximum atomic E-state index is 12.9. The van der Waals surface area contributed by atoms with Gasteiger partial charge < -0.3 is 15.2 Å². The largest absolute Gasteiger partial charge is 0.492 e. The van der Waals surface area contributed by atoms with Crippen LogP contribution in [-0.4, -0.2) is 30.9 Å². The van der Waals surface area contributed by atoms with E-state index >= 15 is 0 Å². The van der Waals surface area contributed by atoms with Crippen molar-refractivity contribution in [3.63, 3.8) is 0 Å². The molecule has 1 aromatic carbocycles. The van der Waals surface area contributed by atoms with Gasteiger partial charge in [-0.2, -0.15) is 0 Å². The van der Waals surface area contributed by atoms with E-state index in [1.54, 1.807) is 0 Å². The quantitative estimate of drug-likeness (QED) is 0.768. The SMILES string of the molecule is CCCNC(CO)COc1cc(F)cc(F)c1. The fourth-order valence-electron chi connectivity index (χ4n) is 1.33. The van der Waals surface area contributed by atoms with Crippen molar-refractivity contribution >= 4 is 0 Å². The first-order valence-electron chi connectivity index (χ1n) is 5.58. The number of halogens is 2. The van der Waals surface area contributed by atoms with Gasteiger partial charge in [-0.05, 0) is 13.0 Å². The highest BCUT2D eigenvalue weighted by Crippen LogP contribution is 2.15. The van der Waals surface area contributed by atoms with E-state index in [9.17, 15) is 8.78 Å². The maximum Gasteiger partial charge on any atom is 0.129 e. The zero-order valence-corrected chi connectivity index (χ0v) is 9.75. The number of rotatable bonds is 7. The lowest BCUT2D eigenvalue weighted by molar-refractivity contribution is 0.183. The summed E-state index contributed by atoms with van der Waals surface area (Å²) in [5, 5.41) is 12.1. The zero-order valence-electron chi connectivity index (χ0n) is 9.75. The molecule has 0 aromatic heterocycles. The molecular weight excluding hydrogens is 228 g/mol. The summed E-state index contributed by atoms with van der Waals surface area (Å²) >= 11 is 0. The van der Waals surface area contributed by atoms with E-state index in [2.05, 4.69) is 5.32 Å². The van der Waals surface area contributed by atoms with E-state index < -0.39 is 11.6 Å². The van der Waals surface area contributed by atoms with Gasteiger partial charge in [-0.15, -0.1) is 0 Å². The summed E-state index contributed by atoms with van der Waals surface area (Å²) in [6.07, 6.45) is 0.936. The second-order valence-corrected chi connectivity index (χ2v) is 3.75. The van der Waals surface area contributed by atoms with Crippen molar-refractivity contribution in [2.75, 3.05) is 19.8 Å². The Morgan fingerprint density at radius 2 is 1.94 bits per heavy atom. The third kappa shape index (κ3) is 5.10. The van der Waals surface area contributed by atoms with Crippen molar-refractivity contribution in [2.24, 2.45) is 0 Å². The Bertz CT molecular complexity index is 327. The van der Waals surface area contributed by atoms with Gasteiger partial charge in [0, 0.05) is 18.2 Å². The number of ether oxygens (including phenoxy) is 1. The lowest BCUT2D eigenvalue weighted by atomic mass is 10.3. The van der Waals surface area contributed by atoms with E-state index in [1.807, 2.05) is 6.92 Å². The molecule has 3 nitrogen and oxygen atoms in total. The van der Waals surface area contributed by atoms with Crippen LogP contribution in [0.2, 0.25) is 0 Å². The molecule has 0 saturated carbocycles. The van der Waals surface area contributed by atoms with Crippen LogP contribution in [0.15, 0.2) is 18.2 Å². The van der Waals surface area contributed by atoms with Gasteiger partial charge >= 0.3 is 0 Å². The van der Waals surface area contributed by atoms with E-state index in [4.69, 9.17) is 9.84 Å². The minimum Gasteiger partial charge on any atom is -0.492 e. The lowest BCUT2D eigenvalue weighted by Gasteiger charge is -2.16. The van der Waals surface area contributed by atoms with Gasteiger partial charge in [0.2, 0.25) is 0 Å². The number of hydrogen-bond donors (Lipinski definition) is 2. The molecule has 0 radical (unpaired) electrons. The van der Waals surface area contributed by atoms with E-state index in [-0.39, 0.29) is 25.0 Å². The molecule has 0 spiro atoms. The third-order valence-electron chi connectivity index (χ3n) is 2.19. The number of aliphatic hydroxyl groups is 1. The van der Waals surface area contributed by atoms with Gasteiger partial charge in [-0.3, -0.25) is 0 Å². The smallest absolute Gasteiger partial charge is 0.129 e. The summed E-state index contributed by atoms with van der Waals surface area (Å²) in [4.78, 5) is 0. The molecule has 0 aliphatic heterocycles. The third-order valence-corrected chi connectivity index (χ3v) is 2.19. The van der Waals surface area contributed by atoms with Crippen LogP contribution in [0.1, 0.15) is 13.3 Å². The fourth-order valence-corrected chi connectivity index (χ4v) is 1.33. The molecule has 5 heteroatoms. The second kappa shape index (κ2) is 7.19. The minimum atomic E-state index is -0.679. The zero-order chi connectivity index (χ0) is 12.7. The van der Waals surface area contributed by atoms with Crippen molar-refractivity contribution in [3.05, 3.63) is 29.8 Å². The van der Waals surface area contributed by atoms with Crippen molar-refractivity contribution in [3.8, 4) is 5.75 Å². The Labute approximate surface area is 99.4 Å². The number of benzene rings is 1. The lowest BCUT2D eigenvalue weighted by Crippen LogP contribution is -2.38. The Morgan fingerprint density at radius 1 is 1.29 bits per heavy atom. The molecular formula is C12H17F2NO2. The van der Waals surface area contributed by atoms with Crippen molar-refractivity contribution in [1.82, 2.24) is 5.32 Å². The summed E-state index contributed by atoms with van der Waals surface area (Å²) in [7, 11) is 0. The van der Waals surface area contributed by atoms with Crippen molar-refractivity contribution in [2.45, 2.75) is 19.4 Å². The Balaban J connectivity index is 2.47. The molecule has 0 bridgehead atoms. The predicted octanol–water partition coefficient (Wildman–Crippen LogP) is 1.70. The topological polar surface area (TPSA) is 41.5 Å². The number of nitrogens with one attached hydrogen (secondary N) is 1. The van der Waals surface area contributed by atoms with Crippen molar-refractivity contribution < 1.29 is 18.6 Å². The Kier molecular flexibility index (Phi) is 5.86. The van der Waals surface area contributed by atoms with Crippen molar-refractivity contribution in [1.29, 1.82) is 0 Å². The van der Waals surface area contributed by atoms with E-state index in [1.165, 1.54) is 0 Å². The second-order valence-electron chi connectivity index (χ2n) is 3.75. The van der Waals surface area contributed by atoms with E-state index in [0.29, 0.717) is 0 Å². The molecule has 1 aromatic rings. The fraction of sp³-hybridized carbons (Fsp3) is 0.500. The first kappa shape index (κ1) is 13.9. The highest BCUT2D eigenvalue weighted by atomic mass is 19.1. The number of aliphatic hydroxyl groups excluding tert-OH is 1. The molecule has 0 aliphatic rings. The Hall–Kier alpha value is -1.20. The molecule has 0 fully saturated rings. The van der Waals surface area contributed by atoms with Crippen LogP contribution in [0, 0.1) is 11.6 Å². The molecule has 17 heavy (non-hydrogen) atoms. The summed E-state index contributed by atoms with van der Waals surface area (Å²) in [5.41, 5.74) is 0. The molecule has 0 aliphatic carbocycles. The van der Waals surface area contributed by atoms with Crippen LogP contribution in [0.5, 0.6) is 5.75 Å². The van der Waals surface area contributed by atoms with Gasteiger partial charge in [-0.25, -0.2) is 8.78 Å². The molecule has 2 N–H and O–H groups in total. The average molecular weight is 245 g/mol. The van der Waals surface area contributed by atoms with Crippen LogP contribution < -0.4 is 10.1 Å². The molecule has 1 unspecified atom stereocenters. The monoisotopic (exact) mass is 245 g/mol. The minimum absolute atomic E-state index is 0.0855. The molecule has 1 atom stereocenters. The highest BCUT2D eigenvalue weighted by molar-refractivity contribution is 5.23. The van der Waals surface area contributed by atoms with Crippen LogP contribution in [0.4, 0.5) is 8.78 Å². The van der Waals surface area contributed by atoms with Crippen LogP contribution in [-0.2, 0) is 0 Å². The van der Waals surface area contributed by atoms with Crippen LogP contribution in [0.25, 0.3) is 0 Å². The normalized spacial score (nSPS) is 12.5. The summed E-state index contributed by atoms with van der Waals surface area (Å²) in [6, 6.07) is 2.77. The Morgan fingerprint density at radius 3 is 2.47 bits per heavy atom. The molecule has 1 rings (SSSR count). The summed E-state index contributed by atoms with van der Waals surface area (Å²) in [5.74, 6) is -1.23. The number of hydrogen-bond acceptors (Lipinski definition) is 3. The van der Waals surface area contributed by atoms with E-state index in [0.717, 1.165) is 31.2 Å². The molecule has 96 valence electrons. The molecule has 0 heterocycles. The first-order chi connectivity index (χ1) is 8.15. The standard InChI is InChI=1S/C12H17F2NO2/c1-2-3-15-11(7-16)8-17-12-5-9(13)4-10(14)6-12/h4-6,11,15-16H,2-3,7-8H2,1H3. The highest BCUT2D eigenvalue weighted by Gasteiger charge is 2.08. The maximum absolute atomic E-state index is 12.9. The van der Waals surface area contributed by atoms with Gasteiger partial charge in [0.1, 0.15) is 24.0 Å². The van der Waals surface area contributed by atoms with Gasteiger partial charge in [0.05, 0.1) is 12.6 Å². The van der Waals surface area contributed by atoms with Gasteiger partial charge in [-0.1, -0.05) is 6.92 Å². The van der Waals surface area contributed by atoms with Crippen LogP contribution >= 0.6 is 0 Å². The van der Waals surface area contributed by atoms with Gasteiger partial charge in [0.15, 0.2) is 0 Å². The summed E-state index contributed by atoms with van der Waals surface area (Å²) in [6.45, 7) is 2.84. The first-order valence-corrected chi connectivity index (χ1v) is 5.58. The van der Waals surface area contributed by atoms with Gasteiger partial charge in [0.25, 0.3) is 0 Å². The van der Waals surface area contributed by atoms with Crippen LogP contribution in [0.3, 0.4) is 0 Å². The molecule has 0 amide bonds. The summed E-state index contributed by atoms with van der Waals surface area (Å²) < 4.78 is 30.9. The predicted molar refractivity (Wildman–Crippen MR) is 61.0 cm³/mol. The average Bonchev–Trinajstić information content (AvgIpc) is 2.28.